The first-order valence-electron chi connectivity index (χ1n) is 9.53. The highest BCUT2D eigenvalue weighted by atomic mass is 35.5. The summed E-state index contributed by atoms with van der Waals surface area (Å²) in [5.74, 6) is 1.82. The number of guanidine groups is 1. The number of ether oxygens (including phenoxy) is 3. The lowest BCUT2D eigenvalue weighted by molar-refractivity contribution is 0.0474. The summed E-state index contributed by atoms with van der Waals surface area (Å²) in [6.07, 6.45) is -0.460. The van der Waals surface area contributed by atoms with Gasteiger partial charge in [-0.05, 0) is 52.3 Å². The second-order valence-electron chi connectivity index (χ2n) is 8.39. The van der Waals surface area contributed by atoms with E-state index in [4.69, 9.17) is 25.8 Å². The second kappa shape index (κ2) is 9.43. The summed E-state index contributed by atoms with van der Waals surface area (Å²) in [5, 5.41) is 9.80. The maximum atomic E-state index is 12.0. The van der Waals surface area contributed by atoms with Crippen LogP contribution in [0, 0.1) is 0 Å². The van der Waals surface area contributed by atoms with Crippen molar-refractivity contribution in [3.63, 3.8) is 0 Å². The third-order valence-electron chi connectivity index (χ3n) is 3.88. The van der Waals surface area contributed by atoms with Crippen molar-refractivity contribution in [2.75, 3.05) is 26.8 Å². The molecular formula is C20H31ClN4O4. The number of fused-ring (bicyclic) bond motifs is 1. The van der Waals surface area contributed by atoms with E-state index in [0.717, 1.165) is 5.56 Å². The molecule has 0 aliphatic carbocycles. The Morgan fingerprint density at radius 1 is 1.17 bits per heavy atom. The fourth-order valence-electron chi connectivity index (χ4n) is 2.60. The smallest absolute Gasteiger partial charge is 0.408 e. The number of benzene rings is 1. The molecule has 1 aromatic rings. The minimum atomic E-state index is -0.546. The summed E-state index contributed by atoms with van der Waals surface area (Å²) in [6.45, 7) is 11.2. The van der Waals surface area contributed by atoms with Crippen LogP contribution in [0.5, 0.6) is 11.5 Å². The van der Waals surface area contributed by atoms with Crippen LogP contribution >= 0.6 is 11.6 Å². The summed E-state index contributed by atoms with van der Waals surface area (Å²) in [6, 6.07) is 3.73. The molecule has 0 saturated heterocycles. The van der Waals surface area contributed by atoms with Crippen LogP contribution in [0.3, 0.4) is 0 Å². The molecule has 162 valence electrons. The van der Waals surface area contributed by atoms with E-state index >= 15 is 0 Å². The van der Waals surface area contributed by atoms with Gasteiger partial charge in [0.25, 0.3) is 0 Å². The van der Waals surface area contributed by atoms with Crippen molar-refractivity contribution in [3.8, 4) is 11.5 Å². The molecular weight excluding hydrogens is 396 g/mol. The van der Waals surface area contributed by atoms with Gasteiger partial charge in [-0.25, -0.2) is 4.79 Å². The summed E-state index contributed by atoms with van der Waals surface area (Å²) in [4.78, 5) is 16.2. The number of carbonyl (C=O) groups excluding carboxylic acids is 1. The lowest BCUT2D eigenvalue weighted by atomic mass is 10.1. The van der Waals surface area contributed by atoms with Crippen LogP contribution in [0.25, 0.3) is 0 Å². The number of nitrogens with zero attached hydrogens (tertiary/aromatic N) is 1. The average molecular weight is 427 g/mol. The molecule has 0 saturated carbocycles. The Morgan fingerprint density at radius 2 is 1.86 bits per heavy atom. The third-order valence-corrected chi connectivity index (χ3v) is 4.16. The average Bonchev–Trinajstić information content (AvgIpc) is 2.59. The lowest BCUT2D eigenvalue weighted by Gasteiger charge is -2.29. The van der Waals surface area contributed by atoms with Gasteiger partial charge in [0, 0.05) is 20.1 Å². The van der Waals surface area contributed by atoms with Gasteiger partial charge < -0.3 is 30.2 Å². The molecule has 0 aromatic heterocycles. The summed E-state index contributed by atoms with van der Waals surface area (Å²) < 4.78 is 16.5. The van der Waals surface area contributed by atoms with Gasteiger partial charge in [0.05, 0.1) is 10.6 Å². The van der Waals surface area contributed by atoms with Crippen LogP contribution in [-0.4, -0.2) is 50.0 Å². The Balaban J connectivity index is 1.88. The number of carbonyl (C=O) groups is 1. The molecule has 1 aliphatic heterocycles. The van der Waals surface area contributed by atoms with Crippen LogP contribution < -0.4 is 25.4 Å². The van der Waals surface area contributed by atoms with E-state index < -0.39 is 17.2 Å². The van der Waals surface area contributed by atoms with Gasteiger partial charge in [-0.3, -0.25) is 4.99 Å². The molecule has 1 amide bonds. The predicted octanol–water partition coefficient (Wildman–Crippen LogP) is 3.08. The number of hydrogen-bond acceptors (Lipinski definition) is 5. The summed E-state index contributed by atoms with van der Waals surface area (Å²) >= 11 is 6.28. The molecule has 0 spiro atoms. The Morgan fingerprint density at radius 3 is 2.52 bits per heavy atom. The fraction of sp³-hybridized carbons (Fsp3) is 0.600. The van der Waals surface area contributed by atoms with Crippen molar-refractivity contribution in [1.29, 1.82) is 0 Å². The minimum absolute atomic E-state index is 0.452. The molecule has 0 radical (unpaired) electrons. The third kappa shape index (κ3) is 7.53. The number of rotatable bonds is 5. The Kier molecular flexibility index (Phi) is 7.46. The van der Waals surface area contributed by atoms with Crippen LogP contribution in [-0.2, 0) is 11.3 Å². The zero-order valence-corrected chi connectivity index (χ0v) is 18.7. The molecule has 3 N–H and O–H groups in total. The first kappa shape index (κ1) is 22.9. The first-order chi connectivity index (χ1) is 13.5. The number of alkyl carbamates (subject to hydrolysis) is 1. The van der Waals surface area contributed by atoms with Gasteiger partial charge in [0.2, 0.25) is 0 Å². The molecule has 9 heteroatoms. The Bertz CT molecular complexity index is 760. The SMILES string of the molecule is CN=C(NCc1cc(Cl)c2c(c1)OCCO2)NCC(C)(C)NC(=O)OC(C)(C)C. The van der Waals surface area contributed by atoms with Crippen LogP contribution in [0.4, 0.5) is 4.79 Å². The van der Waals surface area contributed by atoms with E-state index in [2.05, 4.69) is 20.9 Å². The number of hydrogen-bond donors (Lipinski definition) is 3. The highest BCUT2D eigenvalue weighted by Gasteiger charge is 2.25. The normalized spacial score (nSPS) is 14.2. The maximum absolute atomic E-state index is 12.0. The van der Waals surface area contributed by atoms with E-state index in [1.807, 2.05) is 46.8 Å². The predicted molar refractivity (Wildman–Crippen MR) is 114 cm³/mol. The highest BCUT2D eigenvalue weighted by molar-refractivity contribution is 6.32. The van der Waals surface area contributed by atoms with Gasteiger partial charge in [0.15, 0.2) is 17.5 Å². The number of aliphatic imine (C=N–C) groups is 1. The summed E-state index contributed by atoms with van der Waals surface area (Å²) in [7, 11) is 1.68. The van der Waals surface area contributed by atoms with Gasteiger partial charge in [-0.15, -0.1) is 0 Å². The molecule has 1 aromatic carbocycles. The van der Waals surface area contributed by atoms with Gasteiger partial charge in [-0.2, -0.15) is 0 Å². The van der Waals surface area contributed by atoms with Crippen molar-refractivity contribution >= 4 is 23.7 Å². The second-order valence-corrected chi connectivity index (χ2v) is 8.80. The summed E-state index contributed by atoms with van der Waals surface area (Å²) in [5.41, 5.74) is -0.149. The first-order valence-corrected chi connectivity index (χ1v) is 9.90. The molecule has 0 bridgehead atoms. The standard InChI is InChI=1S/C20H31ClN4O4/c1-19(2,3)29-18(26)25-20(4,5)12-24-17(22-6)23-11-13-9-14(21)16-15(10-13)27-7-8-28-16/h9-10H,7-8,11-12H2,1-6H3,(H,25,26)(H2,22,23,24). The molecule has 8 nitrogen and oxygen atoms in total. The topological polar surface area (TPSA) is 93.2 Å². The van der Waals surface area contributed by atoms with E-state index in [1.54, 1.807) is 7.05 Å². The molecule has 2 rings (SSSR count). The highest BCUT2D eigenvalue weighted by Crippen LogP contribution is 2.38. The molecule has 0 fully saturated rings. The zero-order chi connectivity index (χ0) is 21.7. The maximum Gasteiger partial charge on any atom is 0.408 e. The van der Waals surface area contributed by atoms with E-state index in [-0.39, 0.29) is 0 Å². The Hall–Kier alpha value is -2.35. The van der Waals surface area contributed by atoms with Crippen molar-refractivity contribution < 1.29 is 19.0 Å². The number of halogens is 1. The van der Waals surface area contributed by atoms with Crippen LogP contribution in [0.2, 0.25) is 5.02 Å². The van der Waals surface area contributed by atoms with Gasteiger partial charge in [0.1, 0.15) is 18.8 Å². The van der Waals surface area contributed by atoms with E-state index in [0.29, 0.717) is 48.8 Å². The monoisotopic (exact) mass is 426 g/mol. The van der Waals surface area contributed by atoms with E-state index in [1.165, 1.54) is 0 Å². The van der Waals surface area contributed by atoms with Crippen LogP contribution in [0.1, 0.15) is 40.2 Å². The van der Waals surface area contributed by atoms with Crippen molar-refractivity contribution in [2.24, 2.45) is 4.99 Å². The molecule has 29 heavy (non-hydrogen) atoms. The number of amides is 1. The van der Waals surface area contributed by atoms with Crippen LogP contribution in [0.15, 0.2) is 17.1 Å². The van der Waals surface area contributed by atoms with Crippen molar-refractivity contribution in [3.05, 3.63) is 22.7 Å². The Labute approximate surface area is 177 Å². The van der Waals surface area contributed by atoms with Crippen molar-refractivity contribution in [2.45, 2.75) is 52.3 Å². The molecule has 0 unspecified atom stereocenters. The van der Waals surface area contributed by atoms with Gasteiger partial charge in [-0.1, -0.05) is 11.6 Å². The lowest BCUT2D eigenvalue weighted by Crippen LogP contribution is -2.54. The molecule has 0 atom stereocenters. The molecule has 1 heterocycles. The van der Waals surface area contributed by atoms with E-state index in [9.17, 15) is 4.79 Å². The largest absolute Gasteiger partial charge is 0.486 e. The van der Waals surface area contributed by atoms with Crippen molar-refractivity contribution in [1.82, 2.24) is 16.0 Å². The molecule has 1 aliphatic rings. The minimum Gasteiger partial charge on any atom is -0.486 e. The zero-order valence-electron chi connectivity index (χ0n) is 17.9. The van der Waals surface area contributed by atoms with Gasteiger partial charge >= 0.3 is 6.09 Å². The fourth-order valence-corrected chi connectivity index (χ4v) is 2.89. The number of nitrogens with one attached hydrogen (secondary N) is 3. The quantitative estimate of drug-likeness (QED) is 0.495.